The van der Waals surface area contributed by atoms with Crippen molar-refractivity contribution in [2.24, 2.45) is 7.05 Å². The highest BCUT2D eigenvalue weighted by atomic mass is 32.2. The predicted octanol–water partition coefficient (Wildman–Crippen LogP) is 1.20. The van der Waals surface area contributed by atoms with Gasteiger partial charge in [-0.2, -0.15) is 5.10 Å². The first-order chi connectivity index (χ1) is 8.16. The summed E-state index contributed by atoms with van der Waals surface area (Å²) in [7, 11) is 1.82. The number of hydrogen-bond donors (Lipinski definition) is 1. The molecule has 0 bridgehead atoms. The van der Waals surface area contributed by atoms with Crippen LogP contribution in [0.25, 0.3) is 0 Å². The number of carbonyl (C=O) groups is 1. The molecule has 0 aromatic carbocycles. The van der Waals surface area contributed by atoms with Gasteiger partial charge < -0.3 is 5.11 Å². The summed E-state index contributed by atoms with van der Waals surface area (Å²) in [5.74, 6) is -0.336. The van der Waals surface area contributed by atoms with E-state index in [0.717, 1.165) is 10.9 Å². The van der Waals surface area contributed by atoms with Gasteiger partial charge in [0.1, 0.15) is 6.33 Å². The number of aromatic nitrogens is 4. The fourth-order valence-corrected chi connectivity index (χ4v) is 1.99. The predicted molar refractivity (Wildman–Crippen MR) is 61.8 cm³/mol. The van der Waals surface area contributed by atoms with E-state index in [2.05, 4.69) is 15.1 Å². The number of carboxylic acids is 1. The topological polar surface area (TPSA) is 80.9 Å². The molecule has 0 saturated carbocycles. The quantitative estimate of drug-likeness (QED) is 0.821. The Kier molecular flexibility index (Phi) is 3.38. The van der Waals surface area contributed by atoms with Gasteiger partial charge in [-0.05, 0) is 12.1 Å². The van der Waals surface area contributed by atoms with Crippen LogP contribution in [0.3, 0.4) is 0 Å². The molecule has 0 unspecified atom stereocenters. The van der Waals surface area contributed by atoms with Crippen molar-refractivity contribution in [1.29, 1.82) is 0 Å². The molecule has 2 heterocycles. The van der Waals surface area contributed by atoms with Gasteiger partial charge in [0.05, 0.1) is 11.3 Å². The second kappa shape index (κ2) is 4.96. The van der Waals surface area contributed by atoms with E-state index in [1.165, 1.54) is 24.3 Å². The van der Waals surface area contributed by atoms with Crippen LogP contribution in [0.15, 0.2) is 29.8 Å². The van der Waals surface area contributed by atoms with Gasteiger partial charge in [0.2, 0.25) is 0 Å². The maximum absolute atomic E-state index is 10.6. The van der Waals surface area contributed by atoms with Crippen LogP contribution in [0.5, 0.6) is 0 Å². The standard InChI is InChI=1S/C10H10N4O2S/c1-14-10(12-6-13-14)17-5-8-3-2-7(4-11-8)9(15)16/h2-4,6H,5H2,1H3,(H,15,16). The molecule has 0 fully saturated rings. The lowest BCUT2D eigenvalue weighted by molar-refractivity contribution is 0.0696. The monoisotopic (exact) mass is 250 g/mol. The minimum Gasteiger partial charge on any atom is -0.478 e. The minimum absolute atomic E-state index is 0.192. The van der Waals surface area contributed by atoms with Gasteiger partial charge in [0, 0.05) is 19.0 Å². The summed E-state index contributed by atoms with van der Waals surface area (Å²) >= 11 is 1.50. The zero-order valence-electron chi connectivity index (χ0n) is 9.07. The molecule has 0 amide bonds. The van der Waals surface area contributed by atoms with E-state index >= 15 is 0 Å². The molecular formula is C10H10N4O2S. The lowest BCUT2D eigenvalue weighted by Gasteiger charge is -2.00. The van der Waals surface area contributed by atoms with Crippen molar-refractivity contribution in [1.82, 2.24) is 19.7 Å². The number of nitrogens with zero attached hydrogens (tertiary/aromatic N) is 4. The van der Waals surface area contributed by atoms with Crippen LogP contribution in [0.1, 0.15) is 16.1 Å². The van der Waals surface area contributed by atoms with Gasteiger partial charge in [-0.3, -0.25) is 4.98 Å². The van der Waals surface area contributed by atoms with Gasteiger partial charge >= 0.3 is 5.97 Å². The molecule has 0 spiro atoms. The SMILES string of the molecule is Cn1ncnc1SCc1ccc(C(=O)O)cn1. The molecule has 0 radical (unpaired) electrons. The molecule has 2 rings (SSSR count). The first kappa shape index (κ1) is 11.6. The maximum atomic E-state index is 10.6. The Balaban J connectivity index is 2.00. The van der Waals surface area contributed by atoms with Crippen molar-refractivity contribution in [3.8, 4) is 0 Å². The summed E-state index contributed by atoms with van der Waals surface area (Å²) in [5, 5.41) is 13.5. The van der Waals surface area contributed by atoms with Crippen molar-refractivity contribution in [2.45, 2.75) is 10.9 Å². The van der Waals surface area contributed by atoms with Crippen LogP contribution in [0.4, 0.5) is 0 Å². The fourth-order valence-electron chi connectivity index (χ4n) is 1.19. The van der Waals surface area contributed by atoms with Gasteiger partial charge in [0.25, 0.3) is 0 Å². The van der Waals surface area contributed by atoms with E-state index in [1.54, 1.807) is 16.8 Å². The second-order valence-electron chi connectivity index (χ2n) is 3.30. The normalized spacial score (nSPS) is 10.4. The van der Waals surface area contributed by atoms with Crippen molar-refractivity contribution < 1.29 is 9.90 Å². The summed E-state index contributed by atoms with van der Waals surface area (Å²) in [4.78, 5) is 18.8. The average molecular weight is 250 g/mol. The lowest BCUT2D eigenvalue weighted by Crippen LogP contribution is -1.98. The third-order valence-corrected chi connectivity index (χ3v) is 3.16. The Morgan fingerprint density at radius 2 is 2.29 bits per heavy atom. The minimum atomic E-state index is -0.968. The third-order valence-electron chi connectivity index (χ3n) is 2.09. The van der Waals surface area contributed by atoms with Gasteiger partial charge in [-0.25, -0.2) is 14.5 Å². The van der Waals surface area contributed by atoms with Crippen LogP contribution < -0.4 is 0 Å². The summed E-state index contributed by atoms with van der Waals surface area (Å²) in [6.45, 7) is 0. The lowest BCUT2D eigenvalue weighted by atomic mass is 10.2. The van der Waals surface area contributed by atoms with E-state index in [-0.39, 0.29) is 5.56 Å². The molecular weight excluding hydrogens is 240 g/mol. The summed E-state index contributed by atoms with van der Waals surface area (Å²) in [5.41, 5.74) is 1.00. The number of aromatic carboxylic acids is 1. The molecule has 0 atom stereocenters. The third kappa shape index (κ3) is 2.82. The molecule has 2 aromatic heterocycles. The largest absolute Gasteiger partial charge is 0.478 e. The molecule has 0 aliphatic rings. The highest BCUT2D eigenvalue weighted by Gasteiger charge is 2.05. The van der Waals surface area contributed by atoms with Crippen LogP contribution in [-0.4, -0.2) is 30.8 Å². The molecule has 2 aromatic rings. The number of hydrogen-bond acceptors (Lipinski definition) is 5. The molecule has 17 heavy (non-hydrogen) atoms. The molecule has 0 aliphatic heterocycles. The Morgan fingerprint density at radius 3 is 2.82 bits per heavy atom. The highest BCUT2D eigenvalue weighted by Crippen LogP contribution is 2.18. The zero-order valence-corrected chi connectivity index (χ0v) is 9.89. The number of carboxylic acid groups (broad SMARTS) is 1. The zero-order chi connectivity index (χ0) is 12.3. The van der Waals surface area contributed by atoms with Crippen molar-refractivity contribution in [3.05, 3.63) is 35.9 Å². The Morgan fingerprint density at radius 1 is 1.47 bits per heavy atom. The molecule has 0 saturated heterocycles. The first-order valence-electron chi connectivity index (χ1n) is 4.82. The van der Waals surface area contributed by atoms with E-state index < -0.39 is 5.97 Å². The number of rotatable bonds is 4. The molecule has 0 aliphatic carbocycles. The number of pyridine rings is 1. The Labute approximate surface area is 102 Å². The van der Waals surface area contributed by atoms with Gasteiger partial charge in [-0.15, -0.1) is 0 Å². The molecule has 6 nitrogen and oxygen atoms in total. The first-order valence-corrected chi connectivity index (χ1v) is 5.80. The number of aryl methyl sites for hydroxylation is 1. The van der Waals surface area contributed by atoms with E-state index in [9.17, 15) is 4.79 Å². The van der Waals surface area contributed by atoms with E-state index in [4.69, 9.17) is 5.11 Å². The van der Waals surface area contributed by atoms with Crippen molar-refractivity contribution in [3.63, 3.8) is 0 Å². The molecule has 7 heteroatoms. The van der Waals surface area contributed by atoms with Crippen LogP contribution in [-0.2, 0) is 12.8 Å². The number of thioether (sulfide) groups is 1. The van der Waals surface area contributed by atoms with Crippen LogP contribution in [0.2, 0.25) is 0 Å². The maximum Gasteiger partial charge on any atom is 0.337 e. The highest BCUT2D eigenvalue weighted by molar-refractivity contribution is 7.98. The Hall–Kier alpha value is -1.89. The fraction of sp³-hybridized carbons (Fsp3) is 0.200. The van der Waals surface area contributed by atoms with E-state index in [1.807, 2.05) is 7.05 Å². The molecule has 88 valence electrons. The van der Waals surface area contributed by atoms with Gasteiger partial charge in [0.15, 0.2) is 5.16 Å². The average Bonchev–Trinajstić information content (AvgIpc) is 2.73. The van der Waals surface area contributed by atoms with Crippen molar-refractivity contribution in [2.75, 3.05) is 0 Å². The summed E-state index contributed by atoms with van der Waals surface area (Å²) in [6.07, 6.45) is 2.85. The Bertz CT molecular complexity index is 523. The van der Waals surface area contributed by atoms with Crippen molar-refractivity contribution >= 4 is 17.7 Å². The molecule has 1 N–H and O–H groups in total. The smallest absolute Gasteiger partial charge is 0.337 e. The van der Waals surface area contributed by atoms with Crippen LogP contribution >= 0.6 is 11.8 Å². The summed E-state index contributed by atoms with van der Waals surface area (Å²) < 4.78 is 1.68. The second-order valence-corrected chi connectivity index (χ2v) is 4.24. The van der Waals surface area contributed by atoms with Gasteiger partial charge in [-0.1, -0.05) is 11.8 Å². The van der Waals surface area contributed by atoms with Crippen LogP contribution in [0, 0.1) is 0 Å². The summed E-state index contributed by atoms with van der Waals surface area (Å²) in [6, 6.07) is 3.24. The van der Waals surface area contributed by atoms with E-state index in [0.29, 0.717) is 5.75 Å².